The number of fused-ring (bicyclic) bond motifs is 1. The Morgan fingerprint density at radius 1 is 1.06 bits per heavy atom. The number of para-hydroxylation sites is 2. The van der Waals surface area contributed by atoms with Crippen LogP contribution in [0.15, 0.2) is 63.8 Å². The normalized spacial score (nSPS) is 10.6. The number of halogens is 1. The van der Waals surface area contributed by atoms with Crippen LogP contribution in [0.1, 0.15) is 6.92 Å². The minimum Gasteiger partial charge on any atom is -0.465 e. The largest absolute Gasteiger partial charge is 0.465 e. The zero-order chi connectivity index (χ0) is 23.2. The summed E-state index contributed by atoms with van der Waals surface area (Å²) in [5, 5.41) is 6.77. The maximum atomic E-state index is 12.0. The van der Waals surface area contributed by atoms with E-state index in [1.54, 1.807) is 55.5 Å². The fourth-order valence-electron chi connectivity index (χ4n) is 2.85. The van der Waals surface area contributed by atoms with Crippen molar-refractivity contribution < 1.29 is 18.7 Å². The monoisotopic (exact) mass is 467 g/mol. The Hall–Kier alpha value is -4.18. The van der Waals surface area contributed by atoms with Gasteiger partial charge < -0.3 is 24.5 Å². The van der Waals surface area contributed by atoms with Crippen LogP contribution in [-0.2, 0) is 9.53 Å². The SMILES string of the molecule is CCOC(=O)CNc1nc(Nc2ccccc2Cl)nc(Oc2cc(=O)oc3ccccc23)n1. The molecule has 0 saturated carbocycles. The first-order valence-corrected chi connectivity index (χ1v) is 10.3. The molecule has 33 heavy (non-hydrogen) atoms. The number of hydrogen-bond donors (Lipinski definition) is 2. The highest BCUT2D eigenvalue weighted by Crippen LogP contribution is 2.29. The summed E-state index contributed by atoms with van der Waals surface area (Å²) in [6, 6.07) is 15.0. The predicted octanol–water partition coefficient (Wildman–Crippen LogP) is 4.14. The first-order valence-electron chi connectivity index (χ1n) is 9.89. The molecule has 0 bridgehead atoms. The minimum atomic E-state index is -0.590. The average Bonchev–Trinajstić information content (AvgIpc) is 2.79. The maximum Gasteiger partial charge on any atom is 0.339 e. The number of aromatic nitrogens is 3. The van der Waals surface area contributed by atoms with Crippen LogP contribution >= 0.6 is 11.6 Å². The van der Waals surface area contributed by atoms with E-state index in [1.807, 2.05) is 0 Å². The molecule has 0 aliphatic rings. The average molecular weight is 468 g/mol. The summed E-state index contributed by atoms with van der Waals surface area (Å²) >= 11 is 6.22. The third kappa shape index (κ3) is 5.55. The van der Waals surface area contributed by atoms with Gasteiger partial charge in [0.25, 0.3) is 0 Å². The van der Waals surface area contributed by atoms with Crippen LogP contribution in [0.25, 0.3) is 11.0 Å². The van der Waals surface area contributed by atoms with Gasteiger partial charge in [0.1, 0.15) is 17.9 Å². The number of anilines is 3. The lowest BCUT2D eigenvalue weighted by atomic mass is 10.2. The van der Waals surface area contributed by atoms with Crippen LogP contribution in [-0.4, -0.2) is 34.1 Å². The molecule has 0 unspecified atom stereocenters. The van der Waals surface area contributed by atoms with Crippen molar-refractivity contribution in [1.29, 1.82) is 0 Å². The summed E-state index contributed by atoms with van der Waals surface area (Å²) in [6.07, 6.45) is 0. The topological polar surface area (TPSA) is 128 Å². The number of nitrogens with one attached hydrogen (secondary N) is 2. The van der Waals surface area contributed by atoms with Crippen LogP contribution in [0, 0.1) is 0 Å². The molecule has 2 aromatic carbocycles. The fourth-order valence-corrected chi connectivity index (χ4v) is 3.03. The summed E-state index contributed by atoms with van der Waals surface area (Å²) in [4.78, 5) is 36.4. The zero-order valence-corrected chi connectivity index (χ0v) is 18.1. The van der Waals surface area contributed by atoms with Gasteiger partial charge in [-0.1, -0.05) is 35.9 Å². The number of rotatable bonds is 8. The van der Waals surface area contributed by atoms with E-state index in [4.69, 9.17) is 25.5 Å². The molecular weight excluding hydrogens is 450 g/mol. The second-order valence-corrected chi connectivity index (χ2v) is 6.96. The fraction of sp³-hybridized carbons (Fsp3) is 0.136. The molecule has 0 aliphatic heterocycles. The second kappa shape index (κ2) is 9.96. The molecule has 0 amide bonds. The molecule has 10 nitrogen and oxygen atoms in total. The molecule has 0 spiro atoms. The molecule has 2 N–H and O–H groups in total. The van der Waals surface area contributed by atoms with Crippen molar-refractivity contribution in [3.05, 3.63) is 70.0 Å². The summed E-state index contributed by atoms with van der Waals surface area (Å²) in [6.45, 7) is 1.79. The Morgan fingerprint density at radius 2 is 1.82 bits per heavy atom. The van der Waals surface area contributed by atoms with E-state index < -0.39 is 11.6 Å². The quantitative estimate of drug-likeness (QED) is 0.288. The Balaban J connectivity index is 1.69. The number of ether oxygens (including phenoxy) is 2. The predicted molar refractivity (Wildman–Crippen MR) is 122 cm³/mol. The summed E-state index contributed by atoms with van der Waals surface area (Å²) in [5.74, 6) is -0.123. The van der Waals surface area contributed by atoms with E-state index in [-0.39, 0.29) is 36.8 Å². The lowest BCUT2D eigenvalue weighted by Gasteiger charge is -2.12. The molecule has 2 heterocycles. The van der Waals surface area contributed by atoms with Crippen molar-refractivity contribution in [2.24, 2.45) is 0 Å². The van der Waals surface area contributed by atoms with Gasteiger partial charge in [0.15, 0.2) is 0 Å². The Labute approximate surface area is 192 Å². The smallest absolute Gasteiger partial charge is 0.339 e. The zero-order valence-electron chi connectivity index (χ0n) is 17.4. The molecule has 168 valence electrons. The van der Waals surface area contributed by atoms with Crippen molar-refractivity contribution in [1.82, 2.24) is 15.0 Å². The first kappa shape index (κ1) is 22.0. The van der Waals surface area contributed by atoms with Gasteiger partial charge in [0, 0.05) is 0 Å². The van der Waals surface area contributed by atoms with Gasteiger partial charge in [0.05, 0.1) is 28.8 Å². The van der Waals surface area contributed by atoms with Crippen molar-refractivity contribution in [2.45, 2.75) is 6.92 Å². The minimum absolute atomic E-state index is 0.0508. The van der Waals surface area contributed by atoms with Crippen molar-refractivity contribution in [3.63, 3.8) is 0 Å². The third-order valence-electron chi connectivity index (χ3n) is 4.24. The number of benzene rings is 2. The second-order valence-electron chi connectivity index (χ2n) is 6.56. The highest BCUT2D eigenvalue weighted by atomic mass is 35.5. The van der Waals surface area contributed by atoms with Crippen LogP contribution in [0.4, 0.5) is 17.6 Å². The maximum absolute atomic E-state index is 12.0. The molecule has 0 fully saturated rings. The lowest BCUT2D eigenvalue weighted by Crippen LogP contribution is -2.18. The van der Waals surface area contributed by atoms with Gasteiger partial charge in [-0.3, -0.25) is 4.79 Å². The first-order chi connectivity index (χ1) is 16.0. The molecule has 4 aromatic rings. The van der Waals surface area contributed by atoms with Gasteiger partial charge in [-0.15, -0.1) is 0 Å². The van der Waals surface area contributed by atoms with Crippen LogP contribution in [0.5, 0.6) is 11.8 Å². The summed E-state index contributed by atoms with van der Waals surface area (Å²) < 4.78 is 15.9. The van der Waals surface area contributed by atoms with E-state index in [0.717, 1.165) is 0 Å². The number of carbonyl (C=O) groups is 1. The van der Waals surface area contributed by atoms with E-state index in [2.05, 4.69) is 25.6 Å². The van der Waals surface area contributed by atoms with Crippen LogP contribution < -0.4 is 21.0 Å². The Bertz CT molecular complexity index is 1360. The van der Waals surface area contributed by atoms with Crippen molar-refractivity contribution >= 4 is 46.1 Å². The van der Waals surface area contributed by atoms with E-state index >= 15 is 0 Å². The lowest BCUT2D eigenvalue weighted by molar-refractivity contribution is -0.140. The standard InChI is InChI=1S/C22H18ClN5O5/c1-2-31-19(30)12-24-20-26-21(25-15-9-5-4-8-14(15)23)28-22(27-20)33-17-11-18(29)32-16-10-6-3-7-13(16)17/h3-11H,2,12H2,1H3,(H2,24,25,26,27,28). The summed E-state index contributed by atoms with van der Waals surface area (Å²) in [5.41, 5.74) is 0.315. The van der Waals surface area contributed by atoms with Gasteiger partial charge in [0.2, 0.25) is 11.9 Å². The highest BCUT2D eigenvalue weighted by molar-refractivity contribution is 6.33. The van der Waals surface area contributed by atoms with Crippen molar-refractivity contribution in [2.75, 3.05) is 23.8 Å². The third-order valence-corrected chi connectivity index (χ3v) is 4.57. The summed E-state index contributed by atoms with van der Waals surface area (Å²) in [7, 11) is 0. The molecule has 2 aromatic heterocycles. The highest BCUT2D eigenvalue weighted by Gasteiger charge is 2.14. The molecule has 0 atom stereocenters. The Morgan fingerprint density at radius 3 is 2.64 bits per heavy atom. The van der Waals surface area contributed by atoms with Crippen LogP contribution in [0.2, 0.25) is 5.02 Å². The van der Waals surface area contributed by atoms with Gasteiger partial charge >= 0.3 is 17.6 Å². The van der Waals surface area contributed by atoms with Gasteiger partial charge in [-0.25, -0.2) is 4.79 Å². The molecular formula is C22H18ClN5O5. The van der Waals surface area contributed by atoms with E-state index in [1.165, 1.54) is 6.07 Å². The number of hydrogen-bond acceptors (Lipinski definition) is 10. The molecule has 0 radical (unpaired) electrons. The van der Waals surface area contributed by atoms with Crippen molar-refractivity contribution in [3.8, 4) is 11.8 Å². The van der Waals surface area contributed by atoms with E-state index in [9.17, 15) is 9.59 Å². The molecule has 11 heteroatoms. The molecule has 0 aliphatic carbocycles. The van der Waals surface area contributed by atoms with Crippen LogP contribution in [0.3, 0.4) is 0 Å². The number of esters is 1. The van der Waals surface area contributed by atoms with Gasteiger partial charge in [-0.05, 0) is 31.2 Å². The number of nitrogens with zero attached hydrogens (tertiary/aromatic N) is 3. The van der Waals surface area contributed by atoms with E-state index in [0.29, 0.717) is 21.7 Å². The number of carbonyl (C=O) groups excluding carboxylic acids is 1. The molecule has 4 rings (SSSR count). The Kier molecular flexibility index (Phi) is 6.65. The molecule has 0 saturated heterocycles. The van der Waals surface area contributed by atoms with Gasteiger partial charge in [-0.2, -0.15) is 15.0 Å².